The highest BCUT2D eigenvalue weighted by Crippen LogP contribution is 2.57. The molecule has 170 valence electrons. The van der Waals surface area contributed by atoms with Crippen molar-refractivity contribution >= 4 is 0 Å². The van der Waals surface area contributed by atoms with Gasteiger partial charge in [-0.3, -0.25) is 0 Å². The summed E-state index contributed by atoms with van der Waals surface area (Å²) in [6.45, 7) is 7.16. The Morgan fingerprint density at radius 3 is 2.28 bits per heavy atom. The van der Waals surface area contributed by atoms with E-state index in [1.165, 1.54) is 0 Å². The van der Waals surface area contributed by atoms with Crippen LogP contribution in [0.5, 0.6) is 0 Å². The van der Waals surface area contributed by atoms with Crippen molar-refractivity contribution in [2.75, 3.05) is 6.61 Å². The summed E-state index contributed by atoms with van der Waals surface area (Å²) >= 11 is 0. The van der Waals surface area contributed by atoms with Crippen molar-refractivity contribution in [3.05, 3.63) is 0 Å². The maximum Gasteiger partial charge on any atom is 0.187 e. The van der Waals surface area contributed by atoms with E-state index in [0.717, 1.165) is 12.8 Å². The Kier molecular flexibility index (Phi) is 6.43. The van der Waals surface area contributed by atoms with E-state index in [0.29, 0.717) is 19.3 Å². The monoisotopic (exact) mass is 418 g/mol. The van der Waals surface area contributed by atoms with E-state index in [2.05, 4.69) is 6.92 Å². The SMILES string of the molecule is CC(C)(O[C@@H]1O[C@H](CO)[C@@H](O)[C@H](O)[C@H]1O)[C@H]1CC[C@@]2(C)[C@@H](O)CC[C@@](C)(O)[C@H]2C1. The van der Waals surface area contributed by atoms with E-state index in [-0.39, 0.29) is 17.3 Å². The third-order valence-corrected chi connectivity index (χ3v) is 8.04. The molecule has 8 heteroatoms. The molecule has 1 aliphatic heterocycles. The number of hydrogen-bond donors (Lipinski definition) is 6. The van der Waals surface area contributed by atoms with Crippen LogP contribution in [0.15, 0.2) is 0 Å². The van der Waals surface area contributed by atoms with Crippen molar-refractivity contribution in [2.24, 2.45) is 17.3 Å². The molecule has 3 fully saturated rings. The van der Waals surface area contributed by atoms with E-state index < -0.39 is 54.6 Å². The minimum Gasteiger partial charge on any atom is -0.394 e. The van der Waals surface area contributed by atoms with Gasteiger partial charge in [0.05, 0.1) is 23.9 Å². The van der Waals surface area contributed by atoms with Gasteiger partial charge < -0.3 is 40.1 Å². The summed E-state index contributed by atoms with van der Waals surface area (Å²) in [6, 6.07) is 0. The molecule has 0 amide bonds. The Labute approximate surface area is 172 Å². The number of aliphatic hydroxyl groups is 6. The number of ether oxygens (including phenoxy) is 2. The maximum atomic E-state index is 11.0. The number of hydrogen-bond acceptors (Lipinski definition) is 8. The second kappa shape index (κ2) is 7.98. The molecule has 8 nitrogen and oxygen atoms in total. The Morgan fingerprint density at radius 1 is 1.00 bits per heavy atom. The highest BCUT2D eigenvalue weighted by Gasteiger charge is 2.57. The lowest BCUT2D eigenvalue weighted by molar-refractivity contribution is -0.331. The van der Waals surface area contributed by atoms with E-state index in [1.54, 1.807) is 0 Å². The molecule has 2 saturated carbocycles. The minimum atomic E-state index is -1.48. The van der Waals surface area contributed by atoms with Crippen LogP contribution in [0.1, 0.15) is 59.8 Å². The van der Waals surface area contributed by atoms with Crippen LogP contribution >= 0.6 is 0 Å². The van der Waals surface area contributed by atoms with Gasteiger partial charge in [0.2, 0.25) is 0 Å². The molecule has 1 heterocycles. The molecule has 2 aliphatic carbocycles. The van der Waals surface area contributed by atoms with E-state index in [1.807, 2.05) is 20.8 Å². The predicted molar refractivity (Wildman–Crippen MR) is 104 cm³/mol. The highest BCUT2D eigenvalue weighted by molar-refractivity contribution is 5.07. The van der Waals surface area contributed by atoms with Gasteiger partial charge in [-0.2, -0.15) is 0 Å². The fraction of sp³-hybridized carbons (Fsp3) is 1.00. The zero-order valence-electron chi connectivity index (χ0n) is 17.9. The molecular formula is C21H38O8. The lowest BCUT2D eigenvalue weighted by Gasteiger charge is -2.58. The number of aliphatic hydroxyl groups excluding tert-OH is 5. The van der Waals surface area contributed by atoms with Crippen molar-refractivity contribution < 1.29 is 40.1 Å². The Morgan fingerprint density at radius 2 is 1.66 bits per heavy atom. The van der Waals surface area contributed by atoms with Crippen LogP contribution in [-0.2, 0) is 9.47 Å². The molecule has 3 rings (SSSR count). The summed E-state index contributed by atoms with van der Waals surface area (Å²) in [5, 5.41) is 61.3. The first-order valence-corrected chi connectivity index (χ1v) is 10.7. The Bertz CT molecular complexity index is 579. The summed E-state index contributed by atoms with van der Waals surface area (Å²) in [4.78, 5) is 0. The van der Waals surface area contributed by atoms with Crippen molar-refractivity contribution in [1.29, 1.82) is 0 Å². The van der Waals surface area contributed by atoms with Gasteiger partial charge in [-0.25, -0.2) is 0 Å². The van der Waals surface area contributed by atoms with Gasteiger partial charge in [0, 0.05) is 0 Å². The largest absolute Gasteiger partial charge is 0.394 e. The average Bonchev–Trinajstić information content (AvgIpc) is 2.65. The van der Waals surface area contributed by atoms with Crippen LogP contribution < -0.4 is 0 Å². The minimum absolute atomic E-state index is 0.0321. The van der Waals surface area contributed by atoms with Gasteiger partial charge in [-0.1, -0.05) is 6.92 Å². The molecule has 0 unspecified atom stereocenters. The van der Waals surface area contributed by atoms with E-state index >= 15 is 0 Å². The van der Waals surface area contributed by atoms with E-state index in [9.17, 15) is 30.6 Å². The first kappa shape index (κ1) is 23.3. The van der Waals surface area contributed by atoms with Crippen LogP contribution in [0.2, 0.25) is 0 Å². The summed E-state index contributed by atoms with van der Waals surface area (Å²) in [6.07, 6.45) is -3.66. The highest BCUT2D eigenvalue weighted by atomic mass is 16.7. The van der Waals surface area contributed by atoms with Crippen LogP contribution in [0.4, 0.5) is 0 Å². The van der Waals surface area contributed by atoms with Crippen molar-refractivity contribution in [3.63, 3.8) is 0 Å². The van der Waals surface area contributed by atoms with Crippen LogP contribution in [0, 0.1) is 17.3 Å². The fourth-order valence-electron chi connectivity index (χ4n) is 5.82. The summed E-state index contributed by atoms with van der Waals surface area (Å²) < 4.78 is 11.6. The van der Waals surface area contributed by atoms with Crippen LogP contribution in [-0.4, -0.2) is 85.3 Å². The molecule has 0 aromatic rings. The molecule has 1 saturated heterocycles. The maximum absolute atomic E-state index is 11.0. The molecule has 10 atom stereocenters. The summed E-state index contributed by atoms with van der Waals surface area (Å²) in [5.41, 5.74) is -1.98. The molecule has 0 radical (unpaired) electrons. The molecule has 6 N–H and O–H groups in total. The van der Waals surface area contributed by atoms with Crippen LogP contribution in [0.25, 0.3) is 0 Å². The van der Waals surface area contributed by atoms with Crippen molar-refractivity contribution in [2.45, 2.75) is 108 Å². The average molecular weight is 419 g/mol. The number of rotatable bonds is 4. The predicted octanol–water partition coefficient (Wildman–Crippen LogP) is -0.0902. The lowest BCUT2D eigenvalue weighted by atomic mass is 9.51. The lowest BCUT2D eigenvalue weighted by Crippen LogP contribution is -2.62. The summed E-state index contributed by atoms with van der Waals surface area (Å²) in [7, 11) is 0. The summed E-state index contributed by atoms with van der Waals surface area (Å²) in [5.74, 6) is -0.0557. The fourth-order valence-corrected chi connectivity index (χ4v) is 5.82. The molecule has 29 heavy (non-hydrogen) atoms. The molecule has 0 spiro atoms. The van der Waals surface area contributed by atoms with Crippen LogP contribution in [0.3, 0.4) is 0 Å². The standard InChI is InChI=1S/C21H38O8/c1-19(2,29-18-17(26)16(25)15(24)12(10-22)28-18)11-5-7-20(3)13(9-11)21(4,27)8-6-14(20)23/h11-18,22-27H,5-10H2,1-4H3/t11-,12+,13-,14-,15+,16-,17+,18-,20+,21+/m0/s1. The third kappa shape index (κ3) is 4.11. The van der Waals surface area contributed by atoms with Gasteiger partial charge in [0.1, 0.15) is 24.4 Å². The second-order valence-electron chi connectivity index (χ2n) is 10.4. The third-order valence-electron chi connectivity index (χ3n) is 8.04. The van der Waals surface area contributed by atoms with Gasteiger partial charge in [0.15, 0.2) is 6.29 Å². The van der Waals surface area contributed by atoms with Gasteiger partial charge in [-0.15, -0.1) is 0 Å². The second-order valence-corrected chi connectivity index (χ2v) is 10.4. The Balaban J connectivity index is 1.74. The quantitative estimate of drug-likeness (QED) is 0.372. The normalized spacial score (nSPS) is 51.5. The number of fused-ring (bicyclic) bond motifs is 1. The smallest absolute Gasteiger partial charge is 0.187 e. The van der Waals surface area contributed by atoms with Crippen molar-refractivity contribution in [3.8, 4) is 0 Å². The van der Waals surface area contributed by atoms with Gasteiger partial charge >= 0.3 is 0 Å². The van der Waals surface area contributed by atoms with Gasteiger partial charge in [-0.05, 0) is 70.1 Å². The van der Waals surface area contributed by atoms with Crippen molar-refractivity contribution in [1.82, 2.24) is 0 Å². The molecule has 0 bridgehead atoms. The topological polar surface area (TPSA) is 140 Å². The zero-order valence-corrected chi connectivity index (χ0v) is 17.9. The first-order valence-electron chi connectivity index (χ1n) is 10.7. The Hall–Kier alpha value is -0.320. The zero-order chi connectivity index (χ0) is 21.8. The first-order chi connectivity index (χ1) is 13.3. The molecule has 0 aromatic heterocycles. The van der Waals surface area contributed by atoms with Gasteiger partial charge in [0.25, 0.3) is 0 Å². The molecule has 3 aliphatic rings. The molecular weight excluding hydrogens is 380 g/mol. The molecule has 0 aromatic carbocycles. The van der Waals surface area contributed by atoms with E-state index in [4.69, 9.17) is 9.47 Å².